The minimum Gasteiger partial charge on any atom is -0.453 e. The van der Waals surface area contributed by atoms with Crippen LogP contribution in [0.25, 0.3) is 0 Å². The maximum atomic E-state index is 12.6. The Morgan fingerprint density at radius 2 is 1.29 bits per heavy atom. The van der Waals surface area contributed by atoms with Crippen LogP contribution in [0.5, 0.6) is 0 Å². The molecule has 2 aliphatic rings. The molecular weight excluding hydrogens is 456 g/mol. The van der Waals surface area contributed by atoms with Crippen LogP contribution in [0, 0.1) is 0 Å². The first kappa shape index (κ1) is 25.3. The van der Waals surface area contributed by atoms with Crippen LogP contribution in [-0.4, -0.2) is 71.4 Å². The lowest BCUT2D eigenvalue weighted by molar-refractivity contribution is -0.300. The molecule has 0 aliphatic carbocycles. The zero-order valence-corrected chi connectivity index (χ0v) is 19.6. The predicted molar refractivity (Wildman–Crippen MR) is 122 cm³/mol. The van der Waals surface area contributed by atoms with Crippen LogP contribution in [0.3, 0.4) is 0 Å². The molecule has 8 atom stereocenters. The van der Waals surface area contributed by atoms with Gasteiger partial charge in [0.05, 0.1) is 29.4 Å². The summed E-state index contributed by atoms with van der Waals surface area (Å²) >= 11 is 0. The van der Waals surface area contributed by atoms with E-state index in [1.54, 1.807) is 74.5 Å². The Bertz CT molecular complexity index is 971. The molecule has 2 aromatic rings. The summed E-state index contributed by atoms with van der Waals surface area (Å²) in [5.74, 6) is -1.10. The lowest BCUT2D eigenvalue weighted by Gasteiger charge is -2.42. The van der Waals surface area contributed by atoms with Gasteiger partial charge < -0.3 is 33.9 Å². The third-order valence-corrected chi connectivity index (χ3v) is 6.11. The normalized spacial score (nSPS) is 33.0. The summed E-state index contributed by atoms with van der Waals surface area (Å²) in [4.78, 5) is 25.1. The summed E-state index contributed by atoms with van der Waals surface area (Å²) in [5, 5.41) is 20.8. The summed E-state index contributed by atoms with van der Waals surface area (Å²) < 4.78 is 28.6. The fraction of sp³-hybridized carbons (Fsp3) is 0.462. The van der Waals surface area contributed by atoms with Gasteiger partial charge in [0.25, 0.3) is 0 Å². The quantitative estimate of drug-likeness (QED) is 0.593. The molecule has 2 N–H and O–H groups in total. The number of benzene rings is 2. The Hall–Kier alpha value is -2.82. The number of aliphatic hydroxyl groups excluding tert-OH is 2. The molecule has 0 bridgehead atoms. The van der Waals surface area contributed by atoms with Crippen LogP contribution < -0.4 is 0 Å². The van der Waals surface area contributed by atoms with Crippen molar-refractivity contribution in [2.75, 3.05) is 0 Å². The van der Waals surface area contributed by atoms with E-state index >= 15 is 0 Å². The van der Waals surface area contributed by atoms with Gasteiger partial charge in [0.1, 0.15) is 6.10 Å². The highest BCUT2D eigenvalue weighted by atomic mass is 16.7. The van der Waals surface area contributed by atoms with Crippen molar-refractivity contribution in [3.63, 3.8) is 0 Å². The van der Waals surface area contributed by atoms with Gasteiger partial charge in [-0.25, -0.2) is 9.59 Å². The molecule has 0 saturated carbocycles. The second-order valence-corrected chi connectivity index (χ2v) is 8.75. The molecule has 2 saturated heterocycles. The molecule has 0 radical (unpaired) electrons. The fourth-order valence-electron chi connectivity index (χ4n) is 4.33. The highest BCUT2D eigenvalue weighted by molar-refractivity contribution is 5.90. The van der Waals surface area contributed by atoms with Gasteiger partial charge in [-0.3, -0.25) is 0 Å². The number of rotatable bonds is 6. The van der Waals surface area contributed by atoms with E-state index in [0.29, 0.717) is 11.1 Å². The Morgan fingerprint density at radius 3 is 1.83 bits per heavy atom. The molecule has 9 nitrogen and oxygen atoms in total. The second-order valence-electron chi connectivity index (χ2n) is 8.75. The summed E-state index contributed by atoms with van der Waals surface area (Å²) in [7, 11) is 0. The topological polar surface area (TPSA) is 121 Å². The van der Waals surface area contributed by atoms with Crippen molar-refractivity contribution < 1.29 is 43.5 Å². The van der Waals surface area contributed by atoms with Crippen molar-refractivity contribution in [1.29, 1.82) is 0 Å². The van der Waals surface area contributed by atoms with Crippen molar-refractivity contribution in [2.45, 2.75) is 75.9 Å². The Kier molecular flexibility index (Phi) is 8.15. The van der Waals surface area contributed by atoms with Crippen molar-refractivity contribution in [3.8, 4) is 0 Å². The second kappa shape index (κ2) is 11.3. The summed E-state index contributed by atoms with van der Waals surface area (Å²) in [6.07, 6.45) is -6.67. The van der Waals surface area contributed by atoms with E-state index in [-0.39, 0.29) is 12.8 Å². The average molecular weight is 487 g/mol. The number of esters is 2. The third-order valence-electron chi connectivity index (χ3n) is 6.11. The van der Waals surface area contributed by atoms with Gasteiger partial charge in [-0.1, -0.05) is 36.4 Å². The molecule has 188 valence electrons. The molecular formula is C26H30O9. The monoisotopic (exact) mass is 486 g/mol. The average Bonchev–Trinajstić information content (AvgIpc) is 2.84. The van der Waals surface area contributed by atoms with E-state index in [4.69, 9.17) is 23.7 Å². The third kappa shape index (κ3) is 6.25. The largest absolute Gasteiger partial charge is 0.453 e. The van der Waals surface area contributed by atoms with Crippen LogP contribution >= 0.6 is 0 Å². The Morgan fingerprint density at radius 1 is 0.771 bits per heavy atom. The van der Waals surface area contributed by atoms with Gasteiger partial charge >= 0.3 is 11.9 Å². The van der Waals surface area contributed by atoms with Crippen LogP contribution in [0.15, 0.2) is 60.7 Å². The molecule has 0 aromatic heterocycles. The van der Waals surface area contributed by atoms with E-state index in [1.165, 1.54) is 0 Å². The fourth-order valence-corrected chi connectivity index (χ4v) is 4.33. The summed E-state index contributed by atoms with van der Waals surface area (Å²) in [5.41, 5.74) is 0.754. The molecule has 35 heavy (non-hydrogen) atoms. The summed E-state index contributed by atoms with van der Waals surface area (Å²) in [6.45, 7) is 3.36. The molecule has 4 rings (SSSR count). The van der Waals surface area contributed by atoms with E-state index in [1.807, 2.05) is 0 Å². The van der Waals surface area contributed by atoms with Crippen molar-refractivity contribution >= 4 is 11.9 Å². The van der Waals surface area contributed by atoms with Crippen molar-refractivity contribution in [1.82, 2.24) is 0 Å². The lowest BCUT2D eigenvalue weighted by Crippen LogP contribution is -2.55. The van der Waals surface area contributed by atoms with Gasteiger partial charge in [-0.15, -0.1) is 0 Å². The Labute approximate surface area is 203 Å². The maximum absolute atomic E-state index is 12.6. The predicted octanol–water partition coefficient (Wildman–Crippen LogP) is 2.45. The van der Waals surface area contributed by atoms with Gasteiger partial charge in [-0.2, -0.15) is 0 Å². The number of carbonyl (C=O) groups is 2. The Balaban J connectivity index is 1.39. The van der Waals surface area contributed by atoms with Gasteiger partial charge in [0, 0.05) is 12.8 Å². The zero-order chi connectivity index (χ0) is 24.9. The molecule has 2 fully saturated rings. The van der Waals surface area contributed by atoms with Gasteiger partial charge in [0.15, 0.2) is 24.8 Å². The molecule has 2 aromatic carbocycles. The van der Waals surface area contributed by atoms with Crippen LogP contribution in [0.4, 0.5) is 0 Å². The highest BCUT2D eigenvalue weighted by Crippen LogP contribution is 2.30. The first-order valence-corrected chi connectivity index (χ1v) is 11.7. The molecule has 2 aliphatic heterocycles. The summed E-state index contributed by atoms with van der Waals surface area (Å²) in [6, 6.07) is 17.0. The SMILES string of the molecule is C[C@H]1O[C@H](O)C[C@@H](O[C@@H]2C[C@@H](O)[C@H](OC(=O)c3ccccc3)[C@@H](C)O2)[C@@H]1OC(=O)c1ccccc1. The van der Waals surface area contributed by atoms with Crippen molar-refractivity contribution in [2.24, 2.45) is 0 Å². The molecule has 0 unspecified atom stereocenters. The maximum Gasteiger partial charge on any atom is 0.338 e. The van der Waals surface area contributed by atoms with Crippen LogP contribution in [0.2, 0.25) is 0 Å². The number of hydrogen-bond donors (Lipinski definition) is 2. The standard InChI is InChI=1S/C26H30O9/c1-15-23(34-25(29)17-9-5-3-6-10-17)19(27)13-22(32-15)33-20-14-21(28)31-16(2)24(20)35-26(30)18-11-7-4-8-12-18/h3-12,15-16,19-24,27-28H,13-14H2,1-2H3/t15-,16-,19-,20-,21+,22-,23-,24-/m1/s1. The van der Waals surface area contributed by atoms with Crippen molar-refractivity contribution in [3.05, 3.63) is 71.8 Å². The number of aliphatic hydroxyl groups is 2. The number of ether oxygens (including phenoxy) is 5. The first-order valence-electron chi connectivity index (χ1n) is 11.7. The minimum absolute atomic E-state index is 0.0261. The zero-order valence-electron chi connectivity index (χ0n) is 19.6. The van der Waals surface area contributed by atoms with E-state index < -0.39 is 61.1 Å². The minimum atomic E-state index is -1.10. The highest BCUT2D eigenvalue weighted by Gasteiger charge is 2.44. The van der Waals surface area contributed by atoms with Crippen LogP contribution in [-0.2, 0) is 23.7 Å². The number of carbonyl (C=O) groups excluding carboxylic acids is 2. The van der Waals surface area contributed by atoms with E-state index in [0.717, 1.165) is 0 Å². The molecule has 9 heteroatoms. The van der Waals surface area contributed by atoms with E-state index in [2.05, 4.69) is 0 Å². The van der Waals surface area contributed by atoms with Crippen LogP contribution in [0.1, 0.15) is 47.4 Å². The molecule has 2 heterocycles. The molecule has 0 spiro atoms. The first-order chi connectivity index (χ1) is 16.8. The van der Waals surface area contributed by atoms with Gasteiger partial charge in [-0.05, 0) is 38.1 Å². The smallest absolute Gasteiger partial charge is 0.338 e. The lowest BCUT2D eigenvalue weighted by atomic mass is 10.00. The molecule has 0 amide bonds. The van der Waals surface area contributed by atoms with Gasteiger partial charge in [0.2, 0.25) is 0 Å². The number of hydrogen-bond acceptors (Lipinski definition) is 9. The van der Waals surface area contributed by atoms with E-state index in [9.17, 15) is 19.8 Å².